The molecule has 1 amide bonds. The first-order valence-corrected chi connectivity index (χ1v) is 11.5. The predicted molar refractivity (Wildman–Crippen MR) is 115 cm³/mol. The first-order valence-electron chi connectivity index (χ1n) is 9.76. The van der Waals surface area contributed by atoms with Crippen molar-refractivity contribution >= 4 is 28.3 Å². The molecule has 0 radical (unpaired) electrons. The molecule has 0 aromatic heterocycles. The van der Waals surface area contributed by atoms with Crippen LogP contribution in [0.15, 0.2) is 36.9 Å². The zero-order valence-electron chi connectivity index (χ0n) is 16.9. The molecule has 1 aliphatic heterocycles. The lowest BCUT2D eigenvalue weighted by atomic mass is 9.85. The number of amides is 1. The van der Waals surface area contributed by atoms with Crippen molar-refractivity contribution in [1.82, 2.24) is 4.90 Å². The second-order valence-electron chi connectivity index (χ2n) is 8.30. The molecule has 0 bridgehead atoms. The Labute approximate surface area is 171 Å². The Kier molecular flexibility index (Phi) is 7.70. The summed E-state index contributed by atoms with van der Waals surface area (Å²) in [5, 5.41) is 0.692. The van der Waals surface area contributed by atoms with Gasteiger partial charge in [0.25, 0.3) is 0 Å². The number of hydrogen-bond donors (Lipinski definition) is 0. The van der Waals surface area contributed by atoms with E-state index in [9.17, 15) is 9.00 Å². The van der Waals surface area contributed by atoms with Gasteiger partial charge in [-0.3, -0.25) is 9.00 Å². The molecule has 3 nitrogen and oxygen atoms in total. The maximum atomic E-state index is 13.4. The average Bonchev–Trinajstić information content (AvgIpc) is 2.61. The zero-order chi connectivity index (χ0) is 20.2. The van der Waals surface area contributed by atoms with Gasteiger partial charge in [0.15, 0.2) is 0 Å². The summed E-state index contributed by atoms with van der Waals surface area (Å²) >= 11 is 6.06. The van der Waals surface area contributed by atoms with Gasteiger partial charge in [0.1, 0.15) is 0 Å². The van der Waals surface area contributed by atoms with Crippen molar-refractivity contribution in [1.29, 1.82) is 0 Å². The van der Waals surface area contributed by atoms with E-state index < -0.39 is 10.8 Å². The molecule has 4 atom stereocenters. The molecule has 1 heterocycles. The molecule has 150 valence electrons. The van der Waals surface area contributed by atoms with Gasteiger partial charge >= 0.3 is 0 Å². The minimum absolute atomic E-state index is 0.0118. The van der Waals surface area contributed by atoms with Gasteiger partial charge in [0.2, 0.25) is 5.91 Å². The average molecular weight is 410 g/mol. The summed E-state index contributed by atoms with van der Waals surface area (Å²) in [5.74, 6) is 0.651. The maximum absolute atomic E-state index is 13.4. The summed E-state index contributed by atoms with van der Waals surface area (Å²) in [6.45, 7) is 11.9. The predicted octanol–water partition coefficient (Wildman–Crippen LogP) is 5.52. The summed E-state index contributed by atoms with van der Waals surface area (Å²) in [5.41, 5.74) is 1.10. The number of likely N-dealkylation sites (tertiary alicyclic amines) is 1. The van der Waals surface area contributed by atoms with Crippen LogP contribution in [0.2, 0.25) is 5.02 Å². The number of halogens is 1. The number of carbonyl (C=O) groups excluding carboxylic acids is 1. The van der Waals surface area contributed by atoms with Crippen molar-refractivity contribution in [2.24, 2.45) is 5.92 Å². The fourth-order valence-corrected chi connectivity index (χ4v) is 5.04. The van der Waals surface area contributed by atoms with E-state index in [0.717, 1.165) is 24.8 Å². The van der Waals surface area contributed by atoms with E-state index in [1.165, 1.54) is 0 Å². The van der Waals surface area contributed by atoms with Crippen LogP contribution in [0.5, 0.6) is 0 Å². The summed E-state index contributed by atoms with van der Waals surface area (Å²) in [6.07, 6.45) is 5.08. The fourth-order valence-electron chi connectivity index (χ4n) is 3.67. The number of nitrogens with zero attached hydrogens (tertiary/aromatic N) is 1. The summed E-state index contributed by atoms with van der Waals surface area (Å²) in [7, 11) is -1.01. The molecule has 1 aliphatic rings. The third-order valence-corrected chi connectivity index (χ3v) is 7.63. The number of benzene rings is 1. The van der Waals surface area contributed by atoms with Crippen molar-refractivity contribution in [3.63, 3.8) is 0 Å². The minimum Gasteiger partial charge on any atom is -0.332 e. The van der Waals surface area contributed by atoms with Gasteiger partial charge in [0.05, 0.1) is 6.04 Å². The van der Waals surface area contributed by atoms with Crippen molar-refractivity contribution in [3.8, 4) is 0 Å². The minimum atomic E-state index is -1.01. The summed E-state index contributed by atoms with van der Waals surface area (Å²) < 4.78 is 12.5. The van der Waals surface area contributed by atoms with Crippen LogP contribution in [0.3, 0.4) is 0 Å². The molecule has 2 rings (SSSR count). The molecular weight excluding hydrogens is 378 g/mol. The molecule has 1 saturated heterocycles. The molecule has 0 N–H and O–H groups in total. The molecule has 0 spiro atoms. The third-order valence-electron chi connectivity index (χ3n) is 5.33. The number of rotatable bonds is 7. The molecule has 0 saturated carbocycles. The van der Waals surface area contributed by atoms with Crippen molar-refractivity contribution in [2.45, 2.75) is 70.2 Å². The Balaban J connectivity index is 2.37. The Bertz CT molecular complexity index is 681. The SMILES string of the molecule is C=CCC1CCC(c2ccc(Cl)cc2)N(C(CC)CS(=O)C(C)(C)C)C1=O. The number of carbonyl (C=O) groups is 1. The van der Waals surface area contributed by atoms with Crippen LogP contribution < -0.4 is 0 Å². The number of piperidine rings is 1. The van der Waals surface area contributed by atoms with E-state index in [1.54, 1.807) is 0 Å². The highest BCUT2D eigenvalue weighted by Crippen LogP contribution is 2.38. The van der Waals surface area contributed by atoms with E-state index >= 15 is 0 Å². The van der Waals surface area contributed by atoms with Gasteiger partial charge in [-0.05, 0) is 64.2 Å². The monoisotopic (exact) mass is 409 g/mol. The lowest BCUT2D eigenvalue weighted by Crippen LogP contribution is -2.51. The van der Waals surface area contributed by atoms with Crippen LogP contribution in [0.4, 0.5) is 0 Å². The van der Waals surface area contributed by atoms with Crippen LogP contribution in [0.25, 0.3) is 0 Å². The first-order chi connectivity index (χ1) is 12.7. The standard InChI is InChI=1S/C22H32ClNO2S/c1-6-8-17-11-14-20(16-9-12-18(23)13-10-16)24(21(17)25)19(7-2)15-27(26)22(3,4)5/h6,9-10,12-13,17,19-20H,1,7-8,11,14-15H2,2-5H3. The summed E-state index contributed by atoms with van der Waals surface area (Å²) in [4.78, 5) is 15.4. The normalized spacial score (nSPS) is 23.1. The second-order valence-corrected chi connectivity index (χ2v) is 11.0. The van der Waals surface area contributed by atoms with E-state index in [1.807, 2.05) is 56.0 Å². The molecule has 5 heteroatoms. The van der Waals surface area contributed by atoms with E-state index in [0.29, 0.717) is 17.2 Å². The Morgan fingerprint density at radius 3 is 2.44 bits per heavy atom. The van der Waals surface area contributed by atoms with Crippen LogP contribution >= 0.6 is 11.6 Å². The number of hydrogen-bond acceptors (Lipinski definition) is 2. The number of allylic oxidation sites excluding steroid dienone is 1. The second kappa shape index (κ2) is 9.38. The molecular formula is C22H32ClNO2S. The van der Waals surface area contributed by atoms with Crippen LogP contribution in [0, 0.1) is 5.92 Å². The molecule has 1 fully saturated rings. The lowest BCUT2D eigenvalue weighted by Gasteiger charge is -2.44. The van der Waals surface area contributed by atoms with Gasteiger partial charge in [-0.15, -0.1) is 6.58 Å². The summed E-state index contributed by atoms with van der Waals surface area (Å²) in [6, 6.07) is 7.75. The van der Waals surface area contributed by atoms with Gasteiger partial charge < -0.3 is 4.90 Å². The van der Waals surface area contributed by atoms with Gasteiger partial charge in [-0.1, -0.05) is 36.7 Å². The Hall–Kier alpha value is -1.13. The highest BCUT2D eigenvalue weighted by atomic mass is 35.5. The van der Waals surface area contributed by atoms with Gasteiger partial charge in [-0.25, -0.2) is 0 Å². The van der Waals surface area contributed by atoms with E-state index in [2.05, 4.69) is 13.5 Å². The molecule has 1 aromatic rings. The van der Waals surface area contributed by atoms with Gasteiger partial charge in [0, 0.05) is 38.3 Å². The lowest BCUT2D eigenvalue weighted by molar-refractivity contribution is -0.144. The smallest absolute Gasteiger partial charge is 0.226 e. The molecule has 27 heavy (non-hydrogen) atoms. The van der Waals surface area contributed by atoms with Crippen molar-refractivity contribution < 1.29 is 9.00 Å². The fraction of sp³-hybridized carbons (Fsp3) is 0.591. The van der Waals surface area contributed by atoms with Crippen LogP contribution in [-0.2, 0) is 15.6 Å². The third kappa shape index (κ3) is 5.45. The van der Waals surface area contributed by atoms with Gasteiger partial charge in [-0.2, -0.15) is 0 Å². The molecule has 4 unspecified atom stereocenters. The first kappa shape index (κ1) is 22.2. The van der Waals surface area contributed by atoms with Crippen molar-refractivity contribution in [2.75, 3.05) is 5.75 Å². The maximum Gasteiger partial charge on any atom is 0.226 e. The zero-order valence-corrected chi connectivity index (χ0v) is 18.5. The highest BCUT2D eigenvalue weighted by Gasteiger charge is 2.40. The van der Waals surface area contributed by atoms with Crippen LogP contribution in [-0.4, -0.2) is 31.6 Å². The molecule has 1 aromatic carbocycles. The highest BCUT2D eigenvalue weighted by molar-refractivity contribution is 7.86. The Morgan fingerprint density at radius 1 is 1.30 bits per heavy atom. The quantitative estimate of drug-likeness (QED) is 0.556. The van der Waals surface area contributed by atoms with Crippen molar-refractivity contribution in [3.05, 3.63) is 47.5 Å². The van der Waals surface area contributed by atoms with E-state index in [4.69, 9.17) is 11.6 Å². The van der Waals surface area contributed by atoms with Crippen LogP contribution in [0.1, 0.15) is 65.0 Å². The Morgan fingerprint density at radius 2 is 1.93 bits per heavy atom. The topological polar surface area (TPSA) is 37.4 Å². The largest absolute Gasteiger partial charge is 0.332 e. The van der Waals surface area contributed by atoms with E-state index in [-0.39, 0.29) is 28.7 Å². The molecule has 0 aliphatic carbocycles.